The van der Waals surface area contributed by atoms with Crippen LogP contribution in [0.1, 0.15) is 28.9 Å². The number of carbonyl (C=O) groups is 1. The third kappa shape index (κ3) is 3.62. The van der Waals surface area contributed by atoms with E-state index in [0.29, 0.717) is 6.54 Å². The summed E-state index contributed by atoms with van der Waals surface area (Å²) in [6.45, 7) is 7.12. The minimum Gasteiger partial charge on any atom is -0.352 e. The molecule has 0 aliphatic carbocycles. The molecule has 0 saturated carbocycles. The number of nitrogens with zero attached hydrogens (tertiary/aromatic N) is 2. The Hall–Kier alpha value is -2.14. The van der Waals surface area contributed by atoms with Crippen LogP contribution in [0.15, 0.2) is 30.3 Å². The number of aryl methyl sites for hydroxylation is 1. The smallest absolute Gasteiger partial charge is 0.224 e. The highest BCUT2D eigenvalue weighted by atomic mass is 16.1. The highest BCUT2D eigenvalue weighted by Crippen LogP contribution is 2.15. The van der Waals surface area contributed by atoms with Gasteiger partial charge < -0.3 is 10.6 Å². The first-order valence-corrected chi connectivity index (χ1v) is 8.20. The number of carbonyl (C=O) groups excluding carboxylic acids is 1. The van der Waals surface area contributed by atoms with Crippen LogP contribution in [0.4, 0.5) is 0 Å². The lowest BCUT2D eigenvalue weighted by atomic mass is 10.1. The Morgan fingerprint density at radius 1 is 1.35 bits per heavy atom. The van der Waals surface area contributed by atoms with E-state index in [0.717, 1.165) is 43.0 Å². The van der Waals surface area contributed by atoms with E-state index in [1.807, 2.05) is 29.8 Å². The first-order valence-electron chi connectivity index (χ1n) is 8.20. The maximum atomic E-state index is 12.2. The molecule has 1 aromatic heterocycles. The van der Waals surface area contributed by atoms with Crippen molar-refractivity contribution in [3.05, 3.63) is 52.8 Å². The van der Waals surface area contributed by atoms with Gasteiger partial charge in [0, 0.05) is 24.3 Å². The van der Waals surface area contributed by atoms with Crippen molar-refractivity contribution in [2.75, 3.05) is 13.1 Å². The zero-order valence-electron chi connectivity index (χ0n) is 13.8. The molecule has 2 aromatic rings. The maximum Gasteiger partial charge on any atom is 0.224 e. The van der Waals surface area contributed by atoms with Gasteiger partial charge in [0.1, 0.15) is 0 Å². The highest BCUT2D eigenvalue weighted by molar-refractivity contribution is 5.79. The first kappa shape index (κ1) is 15.7. The lowest BCUT2D eigenvalue weighted by molar-refractivity contribution is -0.124. The molecule has 122 valence electrons. The third-order valence-corrected chi connectivity index (χ3v) is 4.58. The average molecular weight is 312 g/mol. The molecule has 1 aliphatic heterocycles. The molecule has 1 aromatic carbocycles. The monoisotopic (exact) mass is 312 g/mol. The number of nitrogens with one attached hydrogen (secondary N) is 2. The van der Waals surface area contributed by atoms with E-state index >= 15 is 0 Å². The lowest BCUT2D eigenvalue weighted by Gasteiger charge is -2.10. The number of aromatic nitrogens is 2. The summed E-state index contributed by atoms with van der Waals surface area (Å²) in [4.78, 5) is 12.2. The number of benzene rings is 1. The summed E-state index contributed by atoms with van der Waals surface area (Å²) in [7, 11) is 0. The van der Waals surface area contributed by atoms with Crippen molar-refractivity contribution >= 4 is 5.91 Å². The predicted octanol–water partition coefficient (Wildman–Crippen LogP) is 1.77. The van der Waals surface area contributed by atoms with Gasteiger partial charge in [0.15, 0.2) is 0 Å². The fourth-order valence-electron chi connectivity index (χ4n) is 3.10. The molecule has 1 saturated heterocycles. The van der Waals surface area contributed by atoms with Crippen LogP contribution in [0.25, 0.3) is 0 Å². The Labute approximate surface area is 137 Å². The second-order valence-electron chi connectivity index (χ2n) is 6.20. The molecule has 5 nitrogen and oxygen atoms in total. The lowest BCUT2D eigenvalue weighted by Crippen LogP contribution is -2.31. The largest absolute Gasteiger partial charge is 0.352 e. The zero-order chi connectivity index (χ0) is 16.2. The molecule has 1 aliphatic rings. The third-order valence-electron chi connectivity index (χ3n) is 4.58. The van der Waals surface area contributed by atoms with Crippen LogP contribution in [-0.4, -0.2) is 28.8 Å². The Morgan fingerprint density at radius 2 is 2.13 bits per heavy atom. The SMILES string of the molecule is Cc1nn(Cc2ccccc2)c(C)c1CNC(=O)C1CCNC1. The van der Waals surface area contributed by atoms with Crippen molar-refractivity contribution in [1.29, 1.82) is 0 Å². The van der Waals surface area contributed by atoms with Crippen molar-refractivity contribution in [3.63, 3.8) is 0 Å². The van der Waals surface area contributed by atoms with Crippen LogP contribution in [0.2, 0.25) is 0 Å². The van der Waals surface area contributed by atoms with Gasteiger partial charge in [0.25, 0.3) is 0 Å². The fourth-order valence-corrected chi connectivity index (χ4v) is 3.10. The molecular weight excluding hydrogens is 288 g/mol. The van der Waals surface area contributed by atoms with E-state index < -0.39 is 0 Å². The molecule has 5 heteroatoms. The summed E-state index contributed by atoms with van der Waals surface area (Å²) in [6.07, 6.45) is 0.928. The van der Waals surface area contributed by atoms with Crippen LogP contribution in [0, 0.1) is 19.8 Å². The number of rotatable bonds is 5. The van der Waals surface area contributed by atoms with Crippen molar-refractivity contribution in [3.8, 4) is 0 Å². The van der Waals surface area contributed by atoms with Gasteiger partial charge in [-0.1, -0.05) is 30.3 Å². The van der Waals surface area contributed by atoms with Gasteiger partial charge in [-0.3, -0.25) is 9.48 Å². The van der Waals surface area contributed by atoms with Crippen LogP contribution >= 0.6 is 0 Å². The van der Waals surface area contributed by atoms with Crippen molar-refractivity contribution in [2.24, 2.45) is 5.92 Å². The van der Waals surface area contributed by atoms with Gasteiger partial charge in [-0.25, -0.2) is 0 Å². The van der Waals surface area contributed by atoms with Crippen LogP contribution in [0.5, 0.6) is 0 Å². The van der Waals surface area contributed by atoms with E-state index in [4.69, 9.17) is 0 Å². The average Bonchev–Trinajstić information content (AvgIpc) is 3.17. The minimum atomic E-state index is 0.106. The van der Waals surface area contributed by atoms with E-state index in [2.05, 4.69) is 34.8 Å². The van der Waals surface area contributed by atoms with E-state index in [1.54, 1.807) is 0 Å². The summed E-state index contributed by atoms with van der Waals surface area (Å²) in [6, 6.07) is 10.3. The molecule has 0 spiro atoms. The summed E-state index contributed by atoms with van der Waals surface area (Å²) in [5, 5.41) is 10.9. The van der Waals surface area contributed by atoms with Crippen LogP contribution in [-0.2, 0) is 17.9 Å². The van der Waals surface area contributed by atoms with Gasteiger partial charge in [0.2, 0.25) is 5.91 Å². The van der Waals surface area contributed by atoms with E-state index in [1.165, 1.54) is 5.56 Å². The Bertz CT molecular complexity index is 672. The predicted molar refractivity (Wildman–Crippen MR) is 90.1 cm³/mol. The van der Waals surface area contributed by atoms with Crippen LogP contribution in [0.3, 0.4) is 0 Å². The molecule has 1 fully saturated rings. The van der Waals surface area contributed by atoms with Gasteiger partial charge >= 0.3 is 0 Å². The Balaban J connectivity index is 1.67. The van der Waals surface area contributed by atoms with Crippen molar-refractivity contribution < 1.29 is 4.79 Å². The molecule has 1 unspecified atom stereocenters. The Kier molecular flexibility index (Phi) is 4.76. The summed E-state index contributed by atoms with van der Waals surface area (Å²) in [5.41, 5.74) is 4.46. The molecule has 2 N–H and O–H groups in total. The summed E-state index contributed by atoms with van der Waals surface area (Å²) >= 11 is 0. The summed E-state index contributed by atoms with van der Waals surface area (Å²) < 4.78 is 2.02. The number of hydrogen-bond donors (Lipinski definition) is 2. The Morgan fingerprint density at radius 3 is 2.83 bits per heavy atom. The number of amides is 1. The molecule has 3 rings (SSSR count). The molecular formula is C18H24N4O. The van der Waals surface area contributed by atoms with Gasteiger partial charge in [-0.2, -0.15) is 5.10 Å². The molecule has 1 amide bonds. The van der Waals surface area contributed by atoms with E-state index in [9.17, 15) is 4.79 Å². The zero-order valence-corrected chi connectivity index (χ0v) is 13.8. The maximum absolute atomic E-state index is 12.2. The topological polar surface area (TPSA) is 59.0 Å². The highest BCUT2D eigenvalue weighted by Gasteiger charge is 2.22. The standard InChI is InChI=1S/C18H24N4O/c1-13-17(11-20-18(23)16-8-9-19-10-16)14(2)22(21-13)12-15-6-4-3-5-7-15/h3-7,16,19H,8-12H2,1-2H3,(H,20,23). The molecule has 23 heavy (non-hydrogen) atoms. The van der Waals surface area contributed by atoms with E-state index in [-0.39, 0.29) is 11.8 Å². The van der Waals surface area contributed by atoms with Crippen molar-refractivity contribution in [2.45, 2.75) is 33.4 Å². The van der Waals surface area contributed by atoms with Gasteiger partial charge in [-0.05, 0) is 32.4 Å². The molecule has 0 bridgehead atoms. The minimum absolute atomic E-state index is 0.106. The molecule has 2 heterocycles. The fraction of sp³-hybridized carbons (Fsp3) is 0.444. The quantitative estimate of drug-likeness (QED) is 0.885. The summed E-state index contributed by atoms with van der Waals surface area (Å²) in [5.74, 6) is 0.250. The molecule has 1 atom stereocenters. The van der Waals surface area contributed by atoms with Crippen molar-refractivity contribution in [1.82, 2.24) is 20.4 Å². The normalized spacial score (nSPS) is 17.4. The second kappa shape index (κ2) is 6.96. The van der Waals surface area contributed by atoms with Gasteiger partial charge in [-0.15, -0.1) is 0 Å². The first-order chi connectivity index (χ1) is 11.1. The molecule has 0 radical (unpaired) electrons. The van der Waals surface area contributed by atoms with Crippen LogP contribution < -0.4 is 10.6 Å². The number of hydrogen-bond acceptors (Lipinski definition) is 3. The van der Waals surface area contributed by atoms with Gasteiger partial charge in [0.05, 0.1) is 18.2 Å². The second-order valence-corrected chi connectivity index (χ2v) is 6.20.